The van der Waals surface area contributed by atoms with E-state index >= 15 is 0 Å². The van der Waals surface area contributed by atoms with Gasteiger partial charge in [-0.25, -0.2) is 4.39 Å². The molecule has 1 atom stereocenters. The predicted molar refractivity (Wildman–Crippen MR) is 70.5 cm³/mol. The molecule has 1 rings (SSSR count). The molecule has 0 amide bonds. The SMILES string of the molecule is CCCC(C(=O)OCC)C(=O)c1cccc(C)c1F. The van der Waals surface area contributed by atoms with E-state index in [0.29, 0.717) is 18.4 Å². The normalized spacial score (nSPS) is 12.0. The Labute approximate surface area is 112 Å². The average molecular weight is 266 g/mol. The monoisotopic (exact) mass is 266 g/mol. The minimum Gasteiger partial charge on any atom is -0.465 e. The third kappa shape index (κ3) is 3.63. The van der Waals surface area contributed by atoms with Crippen molar-refractivity contribution in [2.75, 3.05) is 6.61 Å². The number of ketones is 1. The molecule has 0 spiro atoms. The topological polar surface area (TPSA) is 43.4 Å². The summed E-state index contributed by atoms with van der Waals surface area (Å²) >= 11 is 0. The van der Waals surface area contributed by atoms with Crippen LogP contribution in [-0.4, -0.2) is 18.4 Å². The third-order valence-corrected chi connectivity index (χ3v) is 2.92. The zero-order valence-electron chi connectivity index (χ0n) is 11.5. The van der Waals surface area contributed by atoms with Crippen molar-refractivity contribution in [1.82, 2.24) is 0 Å². The summed E-state index contributed by atoms with van der Waals surface area (Å²) in [5, 5.41) is 0. The van der Waals surface area contributed by atoms with Gasteiger partial charge in [-0.05, 0) is 31.9 Å². The van der Waals surface area contributed by atoms with Crippen molar-refractivity contribution in [3.8, 4) is 0 Å². The Kier molecular flexibility index (Phi) is 5.67. The number of ether oxygens (including phenoxy) is 1. The summed E-state index contributed by atoms with van der Waals surface area (Å²) in [6, 6.07) is 4.61. The van der Waals surface area contributed by atoms with E-state index < -0.39 is 23.5 Å². The number of carbonyl (C=O) groups excluding carboxylic acids is 2. The summed E-state index contributed by atoms with van der Waals surface area (Å²) in [7, 11) is 0. The maximum atomic E-state index is 13.9. The lowest BCUT2D eigenvalue weighted by molar-refractivity contribution is -0.146. The van der Waals surface area contributed by atoms with E-state index in [9.17, 15) is 14.0 Å². The van der Waals surface area contributed by atoms with Crippen LogP contribution in [0.3, 0.4) is 0 Å². The van der Waals surface area contributed by atoms with Gasteiger partial charge in [0, 0.05) is 0 Å². The average Bonchev–Trinajstić information content (AvgIpc) is 2.38. The molecule has 0 saturated carbocycles. The molecule has 4 heteroatoms. The highest BCUT2D eigenvalue weighted by Gasteiger charge is 2.29. The van der Waals surface area contributed by atoms with E-state index in [1.807, 2.05) is 6.92 Å². The van der Waals surface area contributed by atoms with E-state index in [-0.39, 0.29) is 12.2 Å². The minimum atomic E-state index is -0.916. The number of hydrogen-bond acceptors (Lipinski definition) is 3. The fourth-order valence-corrected chi connectivity index (χ4v) is 1.91. The van der Waals surface area contributed by atoms with Crippen LogP contribution in [0.15, 0.2) is 18.2 Å². The molecule has 0 N–H and O–H groups in total. The third-order valence-electron chi connectivity index (χ3n) is 2.92. The molecular formula is C15H19FO3. The molecule has 0 aliphatic heterocycles. The fourth-order valence-electron chi connectivity index (χ4n) is 1.91. The molecule has 3 nitrogen and oxygen atoms in total. The number of benzene rings is 1. The van der Waals surface area contributed by atoms with Gasteiger partial charge >= 0.3 is 5.97 Å². The van der Waals surface area contributed by atoms with Gasteiger partial charge in [-0.2, -0.15) is 0 Å². The number of hydrogen-bond donors (Lipinski definition) is 0. The van der Waals surface area contributed by atoms with Crippen LogP contribution in [-0.2, 0) is 9.53 Å². The highest BCUT2D eigenvalue weighted by Crippen LogP contribution is 2.20. The molecule has 0 radical (unpaired) electrons. The molecule has 1 aromatic rings. The largest absolute Gasteiger partial charge is 0.465 e. The van der Waals surface area contributed by atoms with Crippen LogP contribution < -0.4 is 0 Å². The van der Waals surface area contributed by atoms with E-state index in [0.717, 1.165) is 0 Å². The molecule has 0 aliphatic carbocycles. The number of aryl methyl sites for hydroxylation is 1. The maximum Gasteiger partial charge on any atom is 0.316 e. The van der Waals surface area contributed by atoms with Crippen molar-refractivity contribution in [1.29, 1.82) is 0 Å². The van der Waals surface area contributed by atoms with E-state index in [4.69, 9.17) is 4.74 Å². The number of halogens is 1. The number of Topliss-reactive ketones (excluding diaryl/α,β-unsaturated/α-hetero) is 1. The molecule has 104 valence electrons. The van der Waals surface area contributed by atoms with Gasteiger partial charge in [-0.15, -0.1) is 0 Å². The smallest absolute Gasteiger partial charge is 0.316 e. The first-order valence-electron chi connectivity index (χ1n) is 6.48. The van der Waals surface area contributed by atoms with Crippen LogP contribution >= 0.6 is 0 Å². The summed E-state index contributed by atoms with van der Waals surface area (Å²) in [5.74, 6) is -2.55. The molecule has 1 unspecified atom stereocenters. The van der Waals surface area contributed by atoms with Gasteiger partial charge < -0.3 is 4.74 Å². The lowest BCUT2D eigenvalue weighted by Gasteiger charge is -2.14. The number of rotatable bonds is 6. The zero-order chi connectivity index (χ0) is 14.4. The van der Waals surface area contributed by atoms with Gasteiger partial charge in [-0.1, -0.05) is 25.5 Å². The summed E-state index contributed by atoms with van der Waals surface area (Å²) in [6.07, 6.45) is 1.02. The first-order valence-corrected chi connectivity index (χ1v) is 6.48. The Bertz CT molecular complexity index is 468. The summed E-state index contributed by atoms with van der Waals surface area (Å²) in [6.45, 7) is 5.35. The molecule has 0 bridgehead atoms. The molecule has 0 fully saturated rings. The van der Waals surface area contributed by atoms with Gasteiger partial charge in [-0.3, -0.25) is 9.59 Å². The number of esters is 1. The van der Waals surface area contributed by atoms with Crippen LogP contribution in [0.2, 0.25) is 0 Å². The molecule has 0 aliphatic rings. The van der Waals surface area contributed by atoms with Crippen molar-refractivity contribution in [3.05, 3.63) is 35.1 Å². The Morgan fingerprint density at radius 1 is 1.32 bits per heavy atom. The summed E-state index contributed by atoms with van der Waals surface area (Å²) < 4.78 is 18.8. The van der Waals surface area contributed by atoms with Crippen LogP contribution in [0.25, 0.3) is 0 Å². The van der Waals surface area contributed by atoms with Crippen molar-refractivity contribution in [2.45, 2.75) is 33.6 Å². The quantitative estimate of drug-likeness (QED) is 0.451. The predicted octanol–water partition coefficient (Wildman–Crippen LogP) is 3.30. The van der Waals surface area contributed by atoms with Gasteiger partial charge in [0.1, 0.15) is 11.7 Å². The first-order chi connectivity index (χ1) is 9.02. The summed E-state index contributed by atoms with van der Waals surface area (Å²) in [4.78, 5) is 24.1. The van der Waals surface area contributed by atoms with Crippen LogP contribution in [0.4, 0.5) is 4.39 Å². The Morgan fingerprint density at radius 2 is 2.00 bits per heavy atom. The van der Waals surface area contributed by atoms with Gasteiger partial charge in [0.2, 0.25) is 0 Å². The first kappa shape index (κ1) is 15.3. The van der Waals surface area contributed by atoms with Crippen molar-refractivity contribution in [3.63, 3.8) is 0 Å². The molecule has 0 aromatic heterocycles. The van der Waals surface area contributed by atoms with E-state index in [2.05, 4.69) is 0 Å². The molecular weight excluding hydrogens is 247 g/mol. The van der Waals surface area contributed by atoms with Crippen LogP contribution in [0.1, 0.15) is 42.6 Å². The van der Waals surface area contributed by atoms with Crippen molar-refractivity contribution in [2.24, 2.45) is 5.92 Å². The standard InChI is InChI=1S/C15H19FO3/c1-4-7-12(15(18)19-5-2)14(17)11-9-6-8-10(3)13(11)16/h6,8-9,12H,4-5,7H2,1-3H3. The molecule has 0 heterocycles. The lowest BCUT2D eigenvalue weighted by atomic mass is 9.92. The van der Waals surface area contributed by atoms with Gasteiger partial charge in [0.05, 0.1) is 12.2 Å². The van der Waals surface area contributed by atoms with Crippen molar-refractivity contribution < 1.29 is 18.7 Å². The lowest BCUT2D eigenvalue weighted by Crippen LogP contribution is -2.27. The second kappa shape index (κ2) is 7.02. The molecule has 19 heavy (non-hydrogen) atoms. The Hall–Kier alpha value is -1.71. The number of carbonyl (C=O) groups is 2. The zero-order valence-corrected chi connectivity index (χ0v) is 11.5. The van der Waals surface area contributed by atoms with Crippen molar-refractivity contribution >= 4 is 11.8 Å². The fraction of sp³-hybridized carbons (Fsp3) is 0.467. The van der Waals surface area contributed by atoms with E-state index in [1.54, 1.807) is 26.0 Å². The highest BCUT2D eigenvalue weighted by molar-refractivity contribution is 6.08. The summed E-state index contributed by atoms with van der Waals surface area (Å²) in [5.41, 5.74) is 0.358. The second-order valence-electron chi connectivity index (χ2n) is 4.39. The van der Waals surface area contributed by atoms with Crippen LogP contribution in [0.5, 0.6) is 0 Å². The maximum absolute atomic E-state index is 13.9. The van der Waals surface area contributed by atoms with Crippen LogP contribution in [0, 0.1) is 18.7 Å². The Morgan fingerprint density at radius 3 is 2.58 bits per heavy atom. The van der Waals surface area contributed by atoms with Gasteiger partial charge in [0.15, 0.2) is 5.78 Å². The highest BCUT2D eigenvalue weighted by atomic mass is 19.1. The molecule has 0 saturated heterocycles. The Balaban J connectivity index is 3.05. The molecule has 1 aromatic carbocycles. The minimum absolute atomic E-state index is 0.0356. The van der Waals surface area contributed by atoms with E-state index in [1.165, 1.54) is 6.07 Å². The second-order valence-corrected chi connectivity index (χ2v) is 4.39. The van der Waals surface area contributed by atoms with Gasteiger partial charge in [0.25, 0.3) is 0 Å².